The van der Waals surface area contributed by atoms with Crippen molar-refractivity contribution in [2.75, 3.05) is 6.54 Å². The van der Waals surface area contributed by atoms with Gasteiger partial charge in [0.1, 0.15) is 11.4 Å². The Morgan fingerprint density at radius 2 is 1.86 bits per heavy atom. The van der Waals surface area contributed by atoms with E-state index in [1.807, 2.05) is 0 Å². The first-order valence-electron chi connectivity index (χ1n) is 8.28. The van der Waals surface area contributed by atoms with Crippen molar-refractivity contribution in [3.05, 3.63) is 85.2 Å². The summed E-state index contributed by atoms with van der Waals surface area (Å²) >= 11 is 0. The van der Waals surface area contributed by atoms with Gasteiger partial charge in [-0.25, -0.2) is 13.9 Å². The largest absolute Gasteiger partial charge is 0.350 e. The molecule has 0 unspecified atom stereocenters. The minimum atomic E-state index is -0.727. The van der Waals surface area contributed by atoms with Crippen LogP contribution in [-0.2, 0) is 13.6 Å². The van der Waals surface area contributed by atoms with Crippen molar-refractivity contribution >= 4 is 5.91 Å². The van der Waals surface area contributed by atoms with Crippen LogP contribution in [0.3, 0.4) is 0 Å². The number of aromatic nitrogens is 4. The predicted octanol–water partition coefficient (Wildman–Crippen LogP) is -0.134. The van der Waals surface area contributed by atoms with Gasteiger partial charge in [0.2, 0.25) is 0 Å². The molecule has 0 saturated heterocycles. The van der Waals surface area contributed by atoms with Gasteiger partial charge in [0.15, 0.2) is 0 Å². The molecule has 0 aliphatic carbocycles. The molecule has 28 heavy (non-hydrogen) atoms. The van der Waals surface area contributed by atoms with Gasteiger partial charge in [-0.2, -0.15) is 5.10 Å². The van der Waals surface area contributed by atoms with E-state index in [1.54, 1.807) is 12.1 Å². The fraction of sp³-hybridized carbons (Fsp3) is 0.167. The number of aromatic amines is 1. The zero-order valence-corrected chi connectivity index (χ0v) is 14.8. The smallest absolute Gasteiger partial charge is 0.328 e. The number of nitrogens with one attached hydrogen (secondary N) is 2. The molecule has 0 spiro atoms. The van der Waals surface area contributed by atoms with E-state index in [9.17, 15) is 23.6 Å². The average Bonchev–Trinajstić information content (AvgIpc) is 2.68. The standard InChI is InChI=1S/C18H16FN5O4/c1-23-17(27)13(10-21-18(23)28)16(26)20-8-9-24-15(25)7-6-14(22-24)11-2-4-12(19)5-3-11/h2-7,10H,8-9H2,1H3,(H,20,26)(H,21,28). The van der Waals surface area contributed by atoms with E-state index < -0.39 is 17.2 Å². The van der Waals surface area contributed by atoms with Crippen LogP contribution in [0.2, 0.25) is 0 Å². The normalized spacial score (nSPS) is 10.6. The Morgan fingerprint density at radius 3 is 2.57 bits per heavy atom. The van der Waals surface area contributed by atoms with Crippen LogP contribution in [0.4, 0.5) is 4.39 Å². The molecule has 3 aromatic rings. The lowest BCUT2D eigenvalue weighted by molar-refractivity contribution is 0.0949. The van der Waals surface area contributed by atoms with E-state index in [2.05, 4.69) is 15.4 Å². The van der Waals surface area contributed by atoms with E-state index >= 15 is 0 Å². The van der Waals surface area contributed by atoms with Crippen LogP contribution in [-0.4, -0.2) is 31.8 Å². The van der Waals surface area contributed by atoms with Gasteiger partial charge in [-0.05, 0) is 30.3 Å². The topological polar surface area (TPSA) is 119 Å². The number of hydrogen-bond acceptors (Lipinski definition) is 5. The summed E-state index contributed by atoms with van der Waals surface area (Å²) in [5.41, 5.74) is -0.844. The van der Waals surface area contributed by atoms with Gasteiger partial charge in [0.25, 0.3) is 17.0 Å². The molecule has 0 saturated carbocycles. The van der Waals surface area contributed by atoms with Gasteiger partial charge < -0.3 is 10.3 Å². The van der Waals surface area contributed by atoms with Gasteiger partial charge in [-0.15, -0.1) is 0 Å². The molecule has 2 heterocycles. The second-order valence-corrected chi connectivity index (χ2v) is 5.91. The number of H-pyrrole nitrogens is 1. The van der Waals surface area contributed by atoms with Crippen LogP contribution in [0, 0.1) is 5.82 Å². The molecule has 0 atom stereocenters. The van der Waals surface area contributed by atoms with E-state index in [0.717, 1.165) is 15.4 Å². The minimum Gasteiger partial charge on any atom is -0.350 e. The molecule has 1 aromatic carbocycles. The van der Waals surface area contributed by atoms with Crippen molar-refractivity contribution in [2.45, 2.75) is 6.54 Å². The highest BCUT2D eigenvalue weighted by Crippen LogP contribution is 2.15. The molecule has 0 radical (unpaired) electrons. The van der Waals surface area contributed by atoms with Crippen molar-refractivity contribution in [2.24, 2.45) is 7.05 Å². The number of benzene rings is 1. The van der Waals surface area contributed by atoms with Crippen molar-refractivity contribution in [3.63, 3.8) is 0 Å². The van der Waals surface area contributed by atoms with Crippen LogP contribution in [0.15, 0.2) is 57.0 Å². The molecular weight excluding hydrogens is 369 g/mol. The first kappa shape index (κ1) is 19.0. The lowest BCUT2D eigenvalue weighted by Crippen LogP contribution is -2.40. The SMILES string of the molecule is Cn1c(=O)[nH]cc(C(=O)NCCn2nc(-c3ccc(F)cc3)ccc2=O)c1=O. The second kappa shape index (κ2) is 7.82. The number of rotatable bonds is 5. The van der Waals surface area contributed by atoms with Crippen LogP contribution in [0.5, 0.6) is 0 Å². The maximum Gasteiger partial charge on any atom is 0.328 e. The number of amides is 1. The van der Waals surface area contributed by atoms with Crippen molar-refractivity contribution in [1.82, 2.24) is 24.6 Å². The molecule has 0 fully saturated rings. The van der Waals surface area contributed by atoms with E-state index in [-0.39, 0.29) is 30.0 Å². The zero-order chi connectivity index (χ0) is 20.3. The number of nitrogens with zero attached hydrogens (tertiary/aromatic N) is 3. The molecule has 1 amide bonds. The maximum absolute atomic E-state index is 13.0. The fourth-order valence-electron chi connectivity index (χ4n) is 2.48. The first-order chi connectivity index (χ1) is 13.4. The highest BCUT2D eigenvalue weighted by atomic mass is 19.1. The van der Waals surface area contributed by atoms with Crippen molar-refractivity contribution in [3.8, 4) is 11.3 Å². The Kier molecular flexibility index (Phi) is 5.30. The summed E-state index contributed by atoms with van der Waals surface area (Å²) < 4.78 is 15.0. The van der Waals surface area contributed by atoms with Gasteiger partial charge in [0.05, 0.1) is 12.2 Å². The third kappa shape index (κ3) is 3.95. The number of carbonyl (C=O) groups excluding carboxylic acids is 1. The number of carbonyl (C=O) groups is 1. The Balaban J connectivity index is 1.72. The summed E-state index contributed by atoms with van der Waals surface area (Å²) in [7, 11) is 1.25. The summed E-state index contributed by atoms with van der Waals surface area (Å²) in [6.07, 6.45) is 1.04. The summed E-state index contributed by atoms with van der Waals surface area (Å²) in [6, 6.07) is 8.51. The fourth-order valence-corrected chi connectivity index (χ4v) is 2.48. The Hall–Kier alpha value is -3.82. The zero-order valence-electron chi connectivity index (χ0n) is 14.8. The Bertz CT molecular complexity index is 1190. The van der Waals surface area contributed by atoms with E-state index in [4.69, 9.17) is 0 Å². The third-order valence-corrected chi connectivity index (χ3v) is 4.04. The first-order valence-corrected chi connectivity index (χ1v) is 8.28. The number of halogens is 1. The molecule has 3 rings (SSSR count). The minimum absolute atomic E-state index is 0.0287. The maximum atomic E-state index is 13.0. The molecule has 9 nitrogen and oxygen atoms in total. The van der Waals surface area contributed by atoms with Crippen LogP contribution in [0.1, 0.15) is 10.4 Å². The second-order valence-electron chi connectivity index (χ2n) is 5.91. The van der Waals surface area contributed by atoms with E-state index in [1.165, 1.54) is 31.3 Å². The number of hydrogen-bond donors (Lipinski definition) is 2. The predicted molar refractivity (Wildman–Crippen MR) is 98.5 cm³/mol. The summed E-state index contributed by atoms with van der Waals surface area (Å²) in [6.45, 7) is 0.0875. The molecule has 2 aromatic heterocycles. The molecular formula is C18H16FN5O4. The average molecular weight is 385 g/mol. The Labute approximate surface area is 157 Å². The van der Waals surface area contributed by atoms with Crippen molar-refractivity contribution < 1.29 is 9.18 Å². The van der Waals surface area contributed by atoms with Gasteiger partial charge in [-0.1, -0.05) is 0 Å². The third-order valence-electron chi connectivity index (χ3n) is 4.04. The summed E-state index contributed by atoms with van der Waals surface area (Å²) in [5, 5.41) is 6.71. The molecule has 10 heteroatoms. The van der Waals surface area contributed by atoms with Gasteiger partial charge in [-0.3, -0.25) is 19.0 Å². The lowest BCUT2D eigenvalue weighted by atomic mass is 10.1. The lowest BCUT2D eigenvalue weighted by Gasteiger charge is -2.09. The molecule has 0 bridgehead atoms. The summed E-state index contributed by atoms with van der Waals surface area (Å²) in [5.74, 6) is -1.06. The highest BCUT2D eigenvalue weighted by molar-refractivity contribution is 5.93. The molecule has 0 aliphatic rings. The van der Waals surface area contributed by atoms with Gasteiger partial charge >= 0.3 is 5.69 Å². The van der Waals surface area contributed by atoms with Crippen LogP contribution in [0.25, 0.3) is 11.3 Å². The molecule has 2 N–H and O–H groups in total. The van der Waals surface area contributed by atoms with E-state index in [0.29, 0.717) is 11.3 Å². The molecule has 144 valence electrons. The van der Waals surface area contributed by atoms with Crippen LogP contribution < -0.4 is 22.1 Å². The monoisotopic (exact) mass is 385 g/mol. The summed E-state index contributed by atoms with van der Waals surface area (Å²) in [4.78, 5) is 49.7. The molecule has 0 aliphatic heterocycles. The van der Waals surface area contributed by atoms with Crippen molar-refractivity contribution in [1.29, 1.82) is 0 Å². The van der Waals surface area contributed by atoms with Gasteiger partial charge in [0, 0.05) is 31.4 Å². The van der Waals surface area contributed by atoms with Crippen LogP contribution >= 0.6 is 0 Å². The quantitative estimate of drug-likeness (QED) is 0.634. The highest BCUT2D eigenvalue weighted by Gasteiger charge is 2.13. The Morgan fingerprint density at radius 1 is 1.14 bits per heavy atom.